The van der Waals surface area contributed by atoms with E-state index in [4.69, 9.17) is 9.84 Å². The van der Waals surface area contributed by atoms with E-state index in [0.717, 1.165) is 6.08 Å². The number of carboxylic acids is 1. The predicted octanol–water partition coefficient (Wildman–Crippen LogP) is 2.22. The highest BCUT2D eigenvalue weighted by Crippen LogP contribution is 2.19. The third-order valence-electron chi connectivity index (χ3n) is 1.69. The zero-order chi connectivity index (χ0) is 13.1. The molecule has 4 nitrogen and oxygen atoms in total. The van der Waals surface area contributed by atoms with Gasteiger partial charge in [0.15, 0.2) is 0 Å². The molecule has 0 saturated heterocycles. The van der Waals surface area contributed by atoms with Gasteiger partial charge in [0, 0.05) is 11.3 Å². The van der Waals surface area contributed by atoms with Crippen molar-refractivity contribution in [2.45, 2.75) is 46.0 Å². The first-order chi connectivity index (χ1) is 6.93. The van der Waals surface area contributed by atoms with Crippen LogP contribution in [0.5, 0.6) is 0 Å². The van der Waals surface area contributed by atoms with Crippen LogP contribution >= 0.6 is 0 Å². The minimum atomic E-state index is -2.01. The molecule has 0 radical (unpaired) electrons. The van der Waals surface area contributed by atoms with Gasteiger partial charge in [0.1, 0.15) is 5.60 Å². The fourth-order valence-corrected chi connectivity index (χ4v) is 2.26. The molecule has 0 aromatic rings. The maximum absolute atomic E-state index is 11.8. The smallest absolute Gasteiger partial charge is 0.330 e. The van der Waals surface area contributed by atoms with Crippen LogP contribution in [0.15, 0.2) is 11.3 Å². The van der Waals surface area contributed by atoms with Gasteiger partial charge < -0.3 is 9.84 Å². The van der Waals surface area contributed by atoms with Crippen molar-refractivity contribution >= 4 is 20.0 Å². The predicted molar refractivity (Wildman–Crippen MR) is 64.9 cm³/mol. The Morgan fingerprint density at radius 2 is 1.62 bits per heavy atom. The molecule has 0 saturated carbocycles. The topological polar surface area (TPSA) is 63.6 Å². The monoisotopic (exact) mass is 244 g/mol. The molecule has 0 amide bonds. The van der Waals surface area contributed by atoms with Crippen molar-refractivity contribution in [3.63, 3.8) is 0 Å². The molecule has 0 bridgehead atoms. The molecule has 0 rings (SSSR count). The lowest BCUT2D eigenvalue weighted by Crippen LogP contribution is -2.35. The first-order valence-electron chi connectivity index (χ1n) is 5.12. The van der Waals surface area contributed by atoms with Crippen molar-refractivity contribution in [3.05, 3.63) is 11.3 Å². The molecule has 0 spiro atoms. The molecule has 5 heteroatoms. The summed E-state index contributed by atoms with van der Waals surface area (Å²) in [5.41, 5.74) is -0.603. The highest BCUT2D eigenvalue weighted by molar-refractivity contribution is 6.87. The molecule has 0 aromatic heterocycles. The van der Waals surface area contributed by atoms with Crippen LogP contribution in [-0.2, 0) is 14.3 Å². The molecule has 0 aliphatic carbocycles. The van der Waals surface area contributed by atoms with Crippen molar-refractivity contribution in [1.82, 2.24) is 0 Å². The summed E-state index contributed by atoms with van der Waals surface area (Å²) < 4.78 is 5.19. The van der Waals surface area contributed by atoms with E-state index in [1.54, 1.807) is 20.8 Å². The van der Waals surface area contributed by atoms with Crippen LogP contribution in [-0.4, -0.2) is 30.7 Å². The third-order valence-corrected chi connectivity index (χ3v) is 3.66. The second kappa shape index (κ2) is 4.82. The molecule has 0 aliphatic rings. The van der Waals surface area contributed by atoms with Crippen molar-refractivity contribution in [2.24, 2.45) is 0 Å². The number of carbonyl (C=O) groups is 2. The number of carbonyl (C=O) groups excluding carboxylic acids is 1. The SMILES string of the molecule is CC(C)(C)OC(=O)C(=CC(=O)O)[Si](C)(C)C. The van der Waals surface area contributed by atoms with Gasteiger partial charge in [-0.1, -0.05) is 19.6 Å². The molecule has 0 atom stereocenters. The summed E-state index contributed by atoms with van der Waals surface area (Å²) in [5, 5.41) is 9.03. The van der Waals surface area contributed by atoms with Gasteiger partial charge in [-0.05, 0) is 20.8 Å². The molecule has 0 heterocycles. The Kier molecular flexibility index (Phi) is 4.49. The number of aliphatic carboxylic acids is 1. The van der Waals surface area contributed by atoms with Gasteiger partial charge in [0.2, 0.25) is 0 Å². The summed E-state index contributed by atoms with van der Waals surface area (Å²) in [6.45, 7) is 11.0. The molecule has 0 aliphatic heterocycles. The normalized spacial score (nSPS) is 13.5. The Balaban J connectivity index is 5.10. The van der Waals surface area contributed by atoms with Crippen LogP contribution in [0, 0.1) is 0 Å². The number of ether oxygens (including phenoxy) is 1. The summed E-state index contributed by atoms with van der Waals surface area (Å²) in [5.74, 6) is -1.63. The van der Waals surface area contributed by atoms with Crippen LogP contribution in [0.25, 0.3) is 0 Å². The Labute approximate surface area is 97.3 Å². The lowest BCUT2D eigenvalue weighted by Gasteiger charge is -2.25. The van der Waals surface area contributed by atoms with E-state index in [-0.39, 0.29) is 0 Å². The van der Waals surface area contributed by atoms with E-state index in [1.807, 2.05) is 19.6 Å². The van der Waals surface area contributed by atoms with Crippen LogP contribution in [0.1, 0.15) is 20.8 Å². The first-order valence-corrected chi connectivity index (χ1v) is 8.62. The zero-order valence-corrected chi connectivity index (χ0v) is 11.7. The van der Waals surface area contributed by atoms with Gasteiger partial charge in [0.05, 0.1) is 8.07 Å². The molecule has 0 unspecified atom stereocenters. The van der Waals surface area contributed by atoms with Gasteiger partial charge >= 0.3 is 11.9 Å². The molecule has 0 aromatic carbocycles. The Morgan fingerprint density at radius 1 is 1.19 bits per heavy atom. The highest BCUT2D eigenvalue weighted by atomic mass is 28.3. The summed E-state index contributed by atoms with van der Waals surface area (Å²) in [7, 11) is -2.01. The minimum Gasteiger partial charge on any atom is -0.478 e. The van der Waals surface area contributed by atoms with E-state index in [0.29, 0.717) is 5.20 Å². The van der Waals surface area contributed by atoms with Crippen molar-refractivity contribution < 1.29 is 19.4 Å². The van der Waals surface area contributed by atoms with E-state index in [9.17, 15) is 9.59 Å². The Bertz CT molecular complexity index is 318. The largest absolute Gasteiger partial charge is 0.478 e. The highest BCUT2D eigenvalue weighted by Gasteiger charge is 2.30. The standard InChI is InChI=1S/C11H20O4Si/c1-11(2,3)15-10(14)8(7-9(12)13)16(4,5)6/h7H,1-6H3,(H,12,13). The van der Waals surface area contributed by atoms with Crippen LogP contribution in [0.3, 0.4) is 0 Å². The van der Waals surface area contributed by atoms with Gasteiger partial charge in [0.25, 0.3) is 0 Å². The minimum absolute atomic E-state index is 0.301. The first kappa shape index (κ1) is 14.9. The van der Waals surface area contributed by atoms with E-state index >= 15 is 0 Å². The summed E-state index contributed by atoms with van der Waals surface area (Å²) in [6.07, 6.45) is 0.973. The van der Waals surface area contributed by atoms with Gasteiger partial charge in [-0.2, -0.15) is 0 Å². The number of hydrogen-bond donors (Lipinski definition) is 1. The maximum Gasteiger partial charge on any atom is 0.330 e. The number of hydrogen-bond acceptors (Lipinski definition) is 3. The molecule has 1 N–H and O–H groups in total. The van der Waals surface area contributed by atoms with E-state index in [2.05, 4.69) is 0 Å². The van der Waals surface area contributed by atoms with Crippen molar-refractivity contribution in [1.29, 1.82) is 0 Å². The summed E-state index contributed by atoms with van der Waals surface area (Å²) in [6, 6.07) is 0. The van der Waals surface area contributed by atoms with Gasteiger partial charge in [-0.3, -0.25) is 0 Å². The van der Waals surface area contributed by atoms with Gasteiger partial charge in [-0.15, -0.1) is 0 Å². The summed E-state index contributed by atoms with van der Waals surface area (Å²) in [4.78, 5) is 22.5. The van der Waals surface area contributed by atoms with Crippen LogP contribution < -0.4 is 0 Å². The number of carboxylic acid groups (broad SMARTS) is 1. The fourth-order valence-electron chi connectivity index (χ4n) is 1.04. The molecular formula is C11H20O4Si. The quantitative estimate of drug-likeness (QED) is 0.470. The zero-order valence-electron chi connectivity index (χ0n) is 10.7. The molecule has 16 heavy (non-hydrogen) atoms. The molecule has 0 fully saturated rings. The third kappa shape index (κ3) is 5.70. The average Bonchev–Trinajstić information content (AvgIpc) is 1.93. The second-order valence-corrected chi connectivity index (χ2v) is 10.7. The molecular weight excluding hydrogens is 224 g/mol. The molecule has 92 valence electrons. The van der Waals surface area contributed by atoms with Crippen molar-refractivity contribution in [3.8, 4) is 0 Å². The fraction of sp³-hybridized carbons (Fsp3) is 0.636. The van der Waals surface area contributed by atoms with E-state index < -0.39 is 25.6 Å². The summed E-state index contributed by atoms with van der Waals surface area (Å²) >= 11 is 0. The van der Waals surface area contributed by atoms with Crippen LogP contribution in [0.2, 0.25) is 19.6 Å². The number of rotatable bonds is 3. The Morgan fingerprint density at radius 3 is 1.88 bits per heavy atom. The second-order valence-electron chi connectivity index (χ2n) is 5.65. The lowest BCUT2D eigenvalue weighted by molar-refractivity contribution is -0.149. The average molecular weight is 244 g/mol. The van der Waals surface area contributed by atoms with Crippen molar-refractivity contribution in [2.75, 3.05) is 0 Å². The lowest BCUT2D eigenvalue weighted by atomic mass is 10.2. The van der Waals surface area contributed by atoms with Gasteiger partial charge in [-0.25, -0.2) is 9.59 Å². The maximum atomic E-state index is 11.8. The number of esters is 1. The van der Waals surface area contributed by atoms with E-state index in [1.165, 1.54) is 0 Å². The Hall–Kier alpha value is -1.10. The van der Waals surface area contributed by atoms with Crippen LogP contribution in [0.4, 0.5) is 0 Å².